The molecule has 0 aromatic carbocycles. The van der Waals surface area contributed by atoms with Crippen LogP contribution in [0.15, 0.2) is 0 Å². The van der Waals surface area contributed by atoms with Gasteiger partial charge in [-0.1, -0.05) is 33.6 Å². The van der Waals surface area contributed by atoms with Crippen LogP contribution in [0.4, 0.5) is 0 Å². The van der Waals surface area contributed by atoms with Crippen LogP contribution < -0.4 is 5.32 Å². The van der Waals surface area contributed by atoms with Gasteiger partial charge < -0.3 is 10.1 Å². The van der Waals surface area contributed by atoms with Gasteiger partial charge in [0.1, 0.15) is 0 Å². The Labute approximate surface area is 108 Å². The second kappa shape index (κ2) is 8.10. The zero-order valence-electron chi connectivity index (χ0n) is 12.1. The minimum atomic E-state index is 0.467. The fourth-order valence-electron chi connectivity index (χ4n) is 2.31. The Bertz CT molecular complexity index is 180. The summed E-state index contributed by atoms with van der Waals surface area (Å²) in [7, 11) is 0. The molecule has 0 unspecified atom stereocenters. The fourth-order valence-corrected chi connectivity index (χ4v) is 2.31. The Morgan fingerprint density at radius 1 is 1.06 bits per heavy atom. The van der Waals surface area contributed by atoms with Gasteiger partial charge in [-0.3, -0.25) is 0 Å². The summed E-state index contributed by atoms with van der Waals surface area (Å²) in [5.74, 6) is 0.943. The Morgan fingerprint density at radius 2 is 1.76 bits per heavy atom. The number of ether oxygens (including phenoxy) is 1. The van der Waals surface area contributed by atoms with E-state index in [-0.39, 0.29) is 0 Å². The lowest BCUT2D eigenvalue weighted by atomic mass is 9.92. The van der Waals surface area contributed by atoms with E-state index in [4.69, 9.17) is 4.74 Å². The summed E-state index contributed by atoms with van der Waals surface area (Å²) in [6.45, 7) is 11.3. The SMILES string of the molecule is CC(C)(C)CCNCCCCC1CCOCC1. The average molecular weight is 241 g/mol. The fraction of sp³-hybridized carbons (Fsp3) is 1.00. The topological polar surface area (TPSA) is 21.3 Å². The molecule has 2 nitrogen and oxygen atoms in total. The van der Waals surface area contributed by atoms with Crippen LogP contribution in [0.1, 0.15) is 59.3 Å². The predicted molar refractivity (Wildman–Crippen MR) is 74.3 cm³/mol. The smallest absolute Gasteiger partial charge is 0.0468 e. The Morgan fingerprint density at radius 3 is 2.41 bits per heavy atom. The predicted octanol–water partition coefficient (Wildman–Crippen LogP) is 3.61. The largest absolute Gasteiger partial charge is 0.381 e. The molecule has 2 heteroatoms. The first-order valence-corrected chi connectivity index (χ1v) is 7.36. The third kappa shape index (κ3) is 8.62. The van der Waals surface area contributed by atoms with Gasteiger partial charge in [-0.05, 0) is 50.1 Å². The van der Waals surface area contributed by atoms with Crippen molar-refractivity contribution in [3.05, 3.63) is 0 Å². The molecule has 0 saturated carbocycles. The van der Waals surface area contributed by atoms with E-state index in [2.05, 4.69) is 26.1 Å². The second-order valence-corrected chi connectivity index (χ2v) is 6.61. The van der Waals surface area contributed by atoms with Crippen LogP contribution >= 0.6 is 0 Å². The van der Waals surface area contributed by atoms with Crippen molar-refractivity contribution in [2.75, 3.05) is 26.3 Å². The molecular weight excluding hydrogens is 210 g/mol. The lowest BCUT2D eigenvalue weighted by Gasteiger charge is -2.21. The molecule has 1 aliphatic heterocycles. The molecule has 0 amide bonds. The maximum Gasteiger partial charge on any atom is 0.0468 e. The standard InChI is InChI=1S/C15H31NO/c1-15(2,3)9-11-16-10-5-4-6-14-7-12-17-13-8-14/h14,16H,4-13H2,1-3H3. The van der Waals surface area contributed by atoms with Crippen LogP contribution in [-0.2, 0) is 4.74 Å². The number of rotatable bonds is 7. The summed E-state index contributed by atoms with van der Waals surface area (Å²) in [5, 5.41) is 3.55. The van der Waals surface area contributed by atoms with Gasteiger partial charge in [0.2, 0.25) is 0 Å². The molecule has 0 bridgehead atoms. The highest BCUT2D eigenvalue weighted by Crippen LogP contribution is 2.20. The highest BCUT2D eigenvalue weighted by atomic mass is 16.5. The minimum absolute atomic E-state index is 0.467. The third-order valence-corrected chi connectivity index (χ3v) is 3.61. The van der Waals surface area contributed by atoms with Crippen molar-refractivity contribution >= 4 is 0 Å². The normalized spacial score (nSPS) is 18.5. The van der Waals surface area contributed by atoms with Crippen LogP contribution in [0.25, 0.3) is 0 Å². The molecule has 1 saturated heterocycles. The number of hydrogen-bond donors (Lipinski definition) is 1. The molecule has 1 heterocycles. The van der Waals surface area contributed by atoms with Gasteiger partial charge in [-0.2, -0.15) is 0 Å². The molecule has 0 aromatic heterocycles. The highest BCUT2D eigenvalue weighted by molar-refractivity contribution is 4.65. The van der Waals surface area contributed by atoms with E-state index in [1.165, 1.54) is 51.6 Å². The molecule has 0 spiro atoms. The van der Waals surface area contributed by atoms with E-state index < -0.39 is 0 Å². The minimum Gasteiger partial charge on any atom is -0.381 e. The van der Waals surface area contributed by atoms with Crippen molar-refractivity contribution in [1.82, 2.24) is 5.32 Å². The van der Waals surface area contributed by atoms with Crippen LogP contribution in [0.3, 0.4) is 0 Å². The van der Waals surface area contributed by atoms with Crippen molar-refractivity contribution < 1.29 is 4.74 Å². The van der Waals surface area contributed by atoms with E-state index in [0.717, 1.165) is 19.1 Å². The molecular formula is C15H31NO. The van der Waals surface area contributed by atoms with Crippen molar-refractivity contribution in [3.8, 4) is 0 Å². The van der Waals surface area contributed by atoms with Gasteiger partial charge in [-0.15, -0.1) is 0 Å². The summed E-state index contributed by atoms with van der Waals surface area (Å²) in [6, 6.07) is 0. The molecule has 1 aliphatic rings. The lowest BCUT2D eigenvalue weighted by Crippen LogP contribution is -2.22. The molecule has 0 atom stereocenters. The summed E-state index contributed by atoms with van der Waals surface area (Å²) >= 11 is 0. The molecule has 17 heavy (non-hydrogen) atoms. The number of nitrogens with one attached hydrogen (secondary N) is 1. The van der Waals surface area contributed by atoms with Crippen molar-refractivity contribution in [3.63, 3.8) is 0 Å². The molecule has 0 radical (unpaired) electrons. The summed E-state index contributed by atoms with van der Waals surface area (Å²) < 4.78 is 5.38. The van der Waals surface area contributed by atoms with Gasteiger partial charge in [0.05, 0.1) is 0 Å². The van der Waals surface area contributed by atoms with E-state index in [1.54, 1.807) is 0 Å². The van der Waals surface area contributed by atoms with Gasteiger partial charge >= 0.3 is 0 Å². The quantitative estimate of drug-likeness (QED) is 0.688. The van der Waals surface area contributed by atoms with Crippen LogP contribution in [0.2, 0.25) is 0 Å². The molecule has 1 rings (SSSR count). The van der Waals surface area contributed by atoms with E-state index in [0.29, 0.717) is 5.41 Å². The first-order chi connectivity index (χ1) is 8.08. The Balaban J connectivity index is 1.84. The van der Waals surface area contributed by atoms with Crippen molar-refractivity contribution in [2.24, 2.45) is 11.3 Å². The van der Waals surface area contributed by atoms with Crippen LogP contribution in [-0.4, -0.2) is 26.3 Å². The Kier molecular flexibility index (Phi) is 7.14. The molecule has 1 N–H and O–H groups in total. The first-order valence-electron chi connectivity index (χ1n) is 7.36. The van der Waals surface area contributed by atoms with Gasteiger partial charge in [-0.25, -0.2) is 0 Å². The van der Waals surface area contributed by atoms with E-state index in [9.17, 15) is 0 Å². The first kappa shape index (κ1) is 15.0. The van der Waals surface area contributed by atoms with Gasteiger partial charge in [0, 0.05) is 13.2 Å². The average Bonchev–Trinajstić information content (AvgIpc) is 2.28. The Hall–Kier alpha value is -0.0800. The molecule has 0 aromatic rings. The van der Waals surface area contributed by atoms with E-state index >= 15 is 0 Å². The van der Waals surface area contributed by atoms with Gasteiger partial charge in [0.15, 0.2) is 0 Å². The molecule has 102 valence electrons. The highest BCUT2D eigenvalue weighted by Gasteiger charge is 2.12. The summed E-state index contributed by atoms with van der Waals surface area (Å²) in [6.07, 6.45) is 7.97. The number of hydrogen-bond acceptors (Lipinski definition) is 2. The van der Waals surface area contributed by atoms with Crippen LogP contribution in [0.5, 0.6) is 0 Å². The molecule has 1 fully saturated rings. The zero-order valence-corrected chi connectivity index (χ0v) is 12.1. The lowest BCUT2D eigenvalue weighted by molar-refractivity contribution is 0.0632. The van der Waals surface area contributed by atoms with Gasteiger partial charge in [0.25, 0.3) is 0 Å². The van der Waals surface area contributed by atoms with Crippen molar-refractivity contribution in [2.45, 2.75) is 59.3 Å². The van der Waals surface area contributed by atoms with Crippen molar-refractivity contribution in [1.29, 1.82) is 0 Å². The van der Waals surface area contributed by atoms with Crippen LogP contribution in [0, 0.1) is 11.3 Å². The molecule has 0 aliphatic carbocycles. The second-order valence-electron chi connectivity index (χ2n) is 6.61. The zero-order chi connectivity index (χ0) is 12.6. The summed E-state index contributed by atoms with van der Waals surface area (Å²) in [4.78, 5) is 0. The number of unbranched alkanes of at least 4 members (excludes halogenated alkanes) is 1. The van der Waals surface area contributed by atoms with E-state index in [1.807, 2.05) is 0 Å². The summed E-state index contributed by atoms with van der Waals surface area (Å²) in [5.41, 5.74) is 0.467. The third-order valence-electron chi connectivity index (χ3n) is 3.61. The maximum atomic E-state index is 5.38. The maximum absolute atomic E-state index is 5.38. The monoisotopic (exact) mass is 241 g/mol.